The molecule has 17 heavy (non-hydrogen) atoms. The molecule has 0 fully saturated rings. The number of rotatable bonds is 4. The molecule has 0 spiro atoms. The molecule has 8 heteroatoms. The standard InChI is InChI=1S/C9H14F3N5/c1-14-6-5-7(16-8(13)15-6)17(2)4-3-9(10,11)12/h5H,3-4H2,1-2H3,(H3,13,14,15,16). The fourth-order valence-corrected chi connectivity index (χ4v) is 1.19. The number of hydrogen-bond donors (Lipinski definition) is 2. The summed E-state index contributed by atoms with van der Waals surface area (Å²) in [4.78, 5) is 9.10. The van der Waals surface area contributed by atoms with Crippen molar-refractivity contribution in [2.45, 2.75) is 12.6 Å². The Labute approximate surface area is 96.8 Å². The molecule has 0 aliphatic rings. The van der Waals surface area contributed by atoms with Crippen LogP contribution in [0.5, 0.6) is 0 Å². The monoisotopic (exact) mass is 249 g/mol. The smallest absolute Gasteiger partial charge is 0.373 e. The van der Waals surface area contributed by atoms with Gasteiger partial charge in [0.1, 0.15) is 11.6 Å². The Balaban J connectivity index is 2.74. The van der Waals surface area contributed by atoms with Gasteiger partial charge in [0.05, 0.1) is 6.42 Å². The Morgan fingerprint density at radius 1 is 1.41 bits per heavy atom. The van der Waals surface area contributed by atoms with E-state index in [2.05, 4.69) is 15.3 Å². The molecular formula is C9H14F3N5. The maximum Gasteiger partial charge on any atom is 0.390 e. The average Bonchev–Trinajstić information content (AvgIpc) is 2.23. The van der Waals surface area contributed by atoms with Gasteiger partial charge in [0.2, 0.25) is 5.95 Å². The minimum Gasteiger partial charge on any atom is -0.373 e. The van der Waals surface area contributed by atoms with E-state index < -0.39 is 12.6 Å². The van der Waals surface area contributed by atoms with E-state index in [-0.39, 0.29) is 12.5 Å². The first-order chi connectivity index (χ1) is 7.81. The maximum atomic E-state index is 12.1. The summed E-state index contributed by atoms with van der Waals surface area (Å²) in [5.74, 6) is 0.836. The minimum atomic E-state index is -4.18. The average molecular weight is 249 g/mol. The number of alkyl halides is 3. The third-order valence-corrected chi connectivity index (χ3v) is 2.11. The third-order valence-electron chi connectivity index (χ3n) is 2.11. The Kier molecular flexibility index (Phi) is 3.97. The zero-order chi connectivity index (χ0) is 13.1. The number of anilines is 3. The predicted octanol–water partition coefficient (Wildman–Crippen LogP) is 1.49. The predicted molar refractivity (Wildman–Crippen MR) is 59.9 cm³/mol. The molecule has 1 aromatic heterocycles. The molecule has 0 atom stereocenters. The molecule has 1 aromatic rings. The Morgan fingerprint density at radius 2 is 2.06 bits per heavy atom. The molecule has 0 aromatic carbocycles. The van der Waals surface area contributed by atoms with Crippen LogP contribution in [-0.4, -0.2) is 36.8 Å². The molecule has 5 nitrogen and oxygen atoms in total. The number of aromatic nitrogens is 2. The van der Waals surface area contributed by atoms with Crippen molar-refractivity contribution in [2.24, 2.45) is 0 Å². The van der Waals surface area contributed by atoms with Gasteiger partial charge in [0.15, 0.2) is 0 Å². The number of nitrogen functional groups attached to an aromatic ring is 1. The van der Waals surface area contributed by atoms with Gasteiger partial charge in [-0.2, -0.15) is 23.1 Å². The van der Waals surface area contributed by atoms with Crippen molar-refractivity contribution in [2.75, 3.05) is 36.6 Å². The normalized spacial score (nSPS) is 11.4. The first-order valence-corrected chi connectivity index (χ1v) is 4.92. The molecule has 0 bridgehead atoms. The van der Waals surface area contributed by atoms with Gasteiger partial charge in [-0.05, 0) is 0 Å². The highest BCUT2D eigenvalue weighted by Crippen LogP contribution is 2.22. The molecule has 0 saturated heterocycles. The van der Waals surface area contributed by atoms with Gasteiger partial charge >= 0.3 is 6.18 Å². The lowest BCUT2D eigenvalue weighted by Gasteiger charge is -2.19. The SMILES string of the molecule is CNc1cc(N(C)CCC(F)(F)F)nc(N)n1. The van der Waals surface area contributed by atoms with Crippen LogP contribution in [0.3, 0.4) is 0 Å². The summed E-state index contributed by atoms with van der Waals surface area (Å²) in [7, 11) is 3.16. The van der Waals surface area contributed by atoms with Crippen molar-refractivity contribution >= 4 is 17.6 Å². The molecule has 3 N–H and O–H groups in total. The number of halogens is 3. The van der Waals surface area contributed by atoms with Crippen LogP contribution in [0.4, 0.5) is 30.8 Å². The molecule has 0 radical (unpaired) electrons. The van der Waals surface area contributed by atoms with Crippen molar-refractivity contribution in [1.29, 1.82) is 0 Å². The van der Waals surface area contributed by atoms with E-state index in [0.717, 1.165) is 0 Å². The fraction of sp³-hybridized carbons (Fsp3) is 0.556. The molecule has 0 aliphatic carbocycles. The molecular weight excluding hydrogens is 235 g/mol. The van der Waals surface area contributed by atoms with Gasteiger partial charge in [0, 0.05) is 26.7 Å². The molecule has 0 amide bonds. The summed E-state index contributed by atoms with van der Waals surface area (Å²) in [5.41, 5.74) is 5.44. The highest BCUT2D eigenvalue weighted by atomic mass is 19.4. The van der Waals surface area contributed by atoms with Gasteiger partial charge in [-0.25, -0.2) is 0 Å². The van der Waals surface area contributed by atoms with Crippen LogP contribution in [-0.2, 0) is 0 Å². The van der Waals surface area contributed by atoms with Gasteiger partial charge in [-0.1, -0.05) is 0 Å². The lowest BCUT2D eigenvalue weighted by Crippen LogP contribution is -2.25. The number of nitrogens with zero attached hydrogens (tertiary/aromatic N) is 3. The Morgan fingerprint density at radius 3 is 2.59 bits per heavy atom. The lowest BCUT2D eigenvalue weighted by atomic mass is 10.3. The fourth-order valence-electron chi connectivity index (χ4n) is 1.19. The van der Waals surface area contributed by atoms with Crippen LogP contribution in [0.15, 0.2) is 6.07 Å². The second kappa shape index (κ2) is 5.07. The molecule has 0 unspecified atom stereocenters. The topological polar surface area (TPSA) is 67.1 Å². The second-order valence-corrected chi connectivity index (χ2v) is 3.51. The summed E-state index contributed by atoms with van der Waals surface area (Å²) in [5, 5.41) is 2.76. The quantitative estimate of drug-likeness (QED) is 0.846. The maximum absolute atomic E-state index is 12.1. The molecule has 0 saturated carbocycles. The molecule has 1 heterocycles. The highest BCUT2D eigenvalue weighted by molar-refractivity contribution is 5.51. The van der Waals surface area contributed by atoms with E-state index in [1.165, 1.54) is 18.0 Å². The summed E-state index contributed by atoms with van der Waals surface area (Å²) in [6.07, 6.45) is -5.08. The third kappa shape index (κ3) is 4.33. The summed E-state index contributed by atoms with van der Waals surface area (Å²) < 4.78 is 36.2. The van der Waals surface area contributed by atoms with Crippen molar-refractivity contribution < 1.29 is 13.2 Å². The van der Waals surface area contributed by atoms with Crippen LogP contribution in [0.1, 0.15) is 6.42 Å². The Bertz CT molecular complexity index is 379. The van der Waals surface area contributed by atoms with Crippen LogP contribution < -0.4 is 16.0 Å². The first kappa shape index (κ1) is 13.3. The van der Waals surface area contributed by atoms with Gasteiger partial charge < -0.3 is 16.0 Å². The van der Waals surface area contributed by atoms with Gasteiger partial charge in [-0.15, -0.1) is 0 Å². The lowest BCUT2D eigenvalue weighted by molar-refractivity contribution is -0.132. The van der Waals surface area contributed by atoms with Gasteiger partial charge in [-0.3, -0.25) is 0 Å². The van der Waals surface area contributed by atoms with E-state index in [1.807, 2.05) is 0 Å². The molecule has 0 aliphatic heterocycles. The van der Waals surface area contributed by atoms with Crippen molar-refractivity contribution in [3.05, 3.63) is 6.07 Å². The zero-order valence-corrected chi connectivity index (χ0v) is 9.54. The van der Waals surface area contributed by atoms with E-state index in [1.54, 1.807) is 7.05 Å². The first-order valence-electron chi connectivity index (χ1n) is 4.92. The minimum absolute atomic E-state index is 0.0192. The zero-order valence-electron chi connectivity index (χ0n) is 9.54. The van der Waals surface area contributed by atoms with E-state index >= 15 is 0 Å². The van der Waals surface area contributed by atoms with Crippen molar-refractivity contribution in [1.82, 2.24) is 9.97 Å². The van der Waals surface area contributed by atoms with Crippen LogP contribution >= 0.6 is 0 Å². The van der Waals surface area contributed by atoms with Crippen molar-refractivity contribution in [3.63, 3.8) is 0 Å². The number of nitrogens with one attached hydrogen (secondary N) is 1. The van der Waals surface area contributed by atoms with Crippen LogP contribution in [0.25, 0.3) is 0 Å². The van der Waals surface area contributed by atoms with E-state index in [4.69, 9.17) is 5.73 Å². The summed E-state index contributed by atoms with van der Waals surface area (Å²) in [6.45, 7) is -0.177. The van der Waals surface area contributed by atoms with E-state index in [0.29, 0.717) is 11.6 Å². The van der Waals surface area contributed by atoms with Gasteiger partial charge in [0.25, 0.3) is 0 Å². The second-order valence-electron chi connectivity index (χ2n) is 3.51. The van der Waals surface area contributed by atoms with Crippen molar-refractivity contribution in [3.8, 4) is 0 Å². The van der Waals surface area contributed by atoms with Crippen LogP contribution in [0.2, 0.25) is 0 Å². The number of nitrogens with two attached hydrogens (primary N) is 1. The highest BCUT2D eigenvalue weighted by Gasteiger charge is 2.27. The van der Waals surface area contributed by atoms with Crippen LogP contribution in [0, 0.1) is 0 Å². The molecule has 1 rings (SSSR count). The number of hydrogen-bond acceptors (Lipinski definition) is 5. The summed E-state index contributed by atoms with van der Waals surface area (Å²) in [6, 6.07) is 1.53. The Hall–Kier alpha value is -1.73. The van der Waals surface area contributed by atoms with E-state index in [9.17, 15) is 13.2 Å². The molecule has 96 valence electrons. The summed E-state index contributed by atoms with van der Waals surface area (Å²) >= 11 is 0. The largest absolute Gasteiger partial charge is 0.390 e.